The zero-order valence-electron chi connectivity index (χ0n) is 12.4. The van der Waals surface area contributed by atoms with E-state index in [-0.39, 0.29) is 5.91 Å². The quantitative estimate of drug-likeness (QED) is 0.803. The van der Waals surface area contributed by atoms with Crippen LogP contribution in [0.5, 0.6) is 0 Å². The smallest absolute Gasteiger partial charge is 0.276 e. The second kappa shape index (κ2) is 6.81. The molecule has 2 rings (SSSR count). The van der Waals surface area contributed by atoms with Crippen molar-refractivity contribution in [3.63, 3.8) is 0 Å². The molecule has 0 aromatic carbocycles. The Hall–Kier alpha value is -1.47. The lowest BCUT2D eigenvalue weighted by molar-refractivity contribution is 0.0765. The number of likely N-dealkylation sites (tertiary alicyclic amines) is 1. The maximum absolute atomic E-state index is 12.2. The molecule has 0 spiro atoms. The van der Waals surface area contributed by atoms with Gasteiger partial charge in [0.05, 0.1) is 12.3 Å². The van der Waals surface area contributed by atoms with Crippen LogP contribution in [0, 0.1) is 12.8 Å². The van der Waals surface area contributed by atoms with Crippen LogP contribution < -0.4 is 0 Å². The number of methoxy groups -OCH3 is 1. The molecule has 1 aliphatic heterocycles. The van der Waals surface area contributed by atoms with Crippen molar-refractivity contribution in [1.82, 2.24) is 25.2 Å². The first-order valence-electron chi connectivity index (χ1n) is 6.96. The van der Waals surface area contributed by atoms with Crippen LogP contribution in [-0.2, 0) is 4.74 Å². The van der Waals surface area contributed by atoms with E-state index in [2.05, 4.69) is 20.3 Å². The Morgan fingerprint density at radius 2 is 2.35 bits per heavy atom. The van der Waals surface area contributed by atoms with Crippen LogP contribution in [0.15, 0.2) is 0 Å². The Morgan fingerprint density at radius 3 is 3.00 bits per heavy atom. The highest BCUT2D eigenvalue weighted by atomic mass is 16.5. The summed E-state index contributed by atoms with van der Waals surface area (Å²) < 4.78 is 5.10. The minimum atomic E-state index is -0.0633. The van der Waals surface area contributed by atoms with E-state index in [0.29, 0.717) is 17.3 Å². The Labute approximate surface area is 119 Å². The Morgan fingerprint density at radius 1 is 1.55 bits per heavy atom. The van der Waals surface area contributed by atoms with Crippen molar-refractivity contribution < 1.29 is 9.53 Å². The molecule has 1 saturated heterocycles. The summed E-state index contributed by atoms with van der Waals surface area (Å²) >= 11 is 0. The molecule has 1 fully saturated rings. The van der Waals surface area contributed by atoms with Crippen molar-refractivity contribution in [2.45, 2.75) is 13.3 Å². The van der Waals surface area contributed by atoms with Gasteiger partial charge in [0.2, 0.25) is 0 Å². The maximum atomic E-state index is 12.2. The number of aryl methyl sites for hydroxylation is 1. The van der Waals surface area contributed by atoms with Gasteiger partial charge in [-0.1, -0.05) is 0 Å². The van der Waals surface area contributed by atoms with Gasteiger partial charge >= 0.3 is 0 Å². The number of nitrogens with zero attached hydrogens (tertiary/aromatic N) is 4. The molecule has 20 heavy (non-hydrogen) atoms. The normalized spacial score (nSPS) is 19.4. The molecule has 0 bridgehead atoms. The van der Waals surface area contributed by atoms with Crippen molar-refractivity contribution >= 4 is 5.91 Å². The van der Waals surface area contributed by atoms with Crippen molar-refractivity contribution in [3.05, 3.63) is 11.4 Å². The third kappa shape index (κ3) is 3.55. The molecule has 0 saturated carbocycles. The van der Waals surface area contributed by atoms with Gasteiger partial charge in [0, 0.05) is 33.8 Å². The lowest BCUT2D eigenvalue weighted by Crippen LogP contribution is -2.34. The number of amides is 1. The fourth-order valence-electron chi connectivity index (χ4n) is 2.62. The first kappa shape index (κ1) is 14.9. The largest absolute Gasteiger partial charge is 0.383 e. The monoisotopic (exact) mass is 281 g/mol. The summed E-state index contributed by atoms with van der Waals surface area (Å²) in [6.45, 7) is 6.38. The van der Waals surface area contributed by atoms with Gasteiger partial charge in [-0.15, -0.1) is 0 Å². The second-order valence-electron chi connectivity index (χ2n) is 5.39. The van der Waals surface area contributed by atoms with Crippen LogP contribution in [0.25, 0.3) is 0 Å². The van der Waals surface area contributed by atoms with Crippen LogP contribution in [0.1, 0.15) is 22.6 Å². The van der Waals surface area contributed by atoms with E-state index in [1.54, 1.807) is 18.9 Å². The Balaban J connectivity index is 1.82. The molecule has 0 unspecified atom stereocenters. The predicted molar refractivity (Wildman–Crippen MR) is 74.5 cm³/mol. The van der Waals surface area contributed by atoms with Crippen molar-refractivity contribution in [3.8, 4) is 0 Å². The predicted octanol–water partition coefficient (Wildman–Crippen LogP) is 0.153. The molecule has 2 heterocycles. The highest BCUT2D eigenvalue weighted by Gasteiger charge is 2.26. The maximum Gasteiger partial charge on any atom is 0.276 e. The van der Waals surface area contributed by atoms with Gasteiger partial charge in [-0.25, -0.2) is 0 Å². The van der Waals surface area contributed by atoms with Crippen LogP contribution in [-0.4, -0.2) is 78.1 Å². The zero-order valence-corrected chi connectivity index (χ0v) is 12.4. The number of carbonyl (C=O) groups is 1. The summed E-state index contributed by atoms with van der Waals surface area (Å²) in [5.74, 6) is 0.458. The van der Waals surface area contributed by atoms with E-state index in [1.165, 1.54) is 0 Å². The second-order valence-corrected chi connectivity index (χ2v) is 5.39. The molecule has 1 amide bonds. The SMILES string of the molecule is COCCN1CC[C@@H](CN(C)C(=O)c2n[nH]nc2C)C1. The van der Waals surface area contributed by atoms with Gasteiger partial charge in [-0.05, 0) is 25.8 Å². The first-order chi connectivity index (χ1) is 9.61. The average molecular weight is 281 g/mol. The molecule has 7 heteroatoms. The van der Waals surface area contributed by atoms with Crippen molar-refractivity contribution in [1.29, 1.82) is 0 Å². The van der Waals surface area contributed by atoms with Crippen LogP contribution in [0.2, 0.25) is 0 Å². The van der Waals surface area contributed by atoms with E-state index < -0.39 is 0 Å². The van der Waals surface area contributed by atoms with Crippen LogP contribution in [0.3, 0.4) is 0 Å². The zero-order chi connectivity index (χ0) is 14.5. The number of ether oxygens (including phenoxy) is 1. The molecule has 0 radical (unpaired) electrons. The topological polar surface area (TPSA) is 74.3 Å². The van der Waals surface area contributed by atoms with Gasteiger partial charge < -0.3 is 14.5 Å². The summed E-state index contributed by atoms with van der Waals surface area (Å²) in [5, 5.41) is 10.3. The van der Waals surface area contributed by atoms with Gasteiger partial charge in [0.15, 0.2) is 5.69 Å². The van der Waals surface area contributed by atoms with Gasteiger partial charge in [0.25, 0.3) is 5.91 Å². The summed E-state index contributed by atoms with van der Waals surface area (Å²) in [6.07, 6.45) is 1.12. The number of hydrogen-bond donors (Lipinski definition) is 1. The molecular formula is C13H23N5O2. The fourth-order valence-corrected chi connectivity index (χ4v) is 2.62. The van der Waals surface area contributed by atoms with Crippen molar-refractivity contribution in [2.24, 2.45) is 5.92 Å². The summed E-state index contributed by atoms with van der Waals surface area (Å²) in [4.78, 5) is 16.4. The Kier molecular flexibility index (Phi) is 5.08. The first-order valence-corrected chi connectivity index (χ1v) is 6.96. The summed E-state index contributed by atoms with van der Waals surface area (Å²) in [7, 11) is 3.55. The lowest BCUT2D eigenvalue weighted by Gasteiger charge is -2.21. The number of aromatic nitrogens is 3. The van der Waals surface area contributed by atoms with Crippen LogP contribution in [0.4, 0.5) is 0 Å². The molecular weight excluding hydrogens is 258 g/mol. The van der Waals surface area contributed by atoms with Gasteiger partial charge in [-0.3, -0.25) is 4.79 Å². The minimum absolute atomic E-state index is 0.0633. The van der Waals surface area contributed by atoms with E-state index in [4.69, 9.17) is 4.74 Å². The van der Waals surface area contributed by atoms with Crippen LogP contribution >= 0.6 is 0 Å². The van der Waals surface area contributed by atoms with Gasteiger partial charge in [0.1, 0.15) is 0 Å². The number of aromatic amines is 1. The molecule has 1 aliphatic rings. The lowest BCUT2D eigenvalue weighted by atomic mass is 10.1. The molecule has 7 nitrogen and oxygen atoms in total. The third-order valence-corrected chi connectivity index (χ3v) is 3.79. The summed E-state index contributed by atoms with van der Waals surface area (Å²) in [6, 6.07) is 0. The number of H-pyrrole nitrogens is 1. The van der Waals surface area contributed by atoms with Crippen molar-refractivity contribution in [2.75, 3.05) is 46.9 Å². The van der Waals surface area contributed by atoms with E-state index >= 15 is 0 Å². The molecule has 1 aromatic heterocycles. The Bertz CT molecular complexity index is 448. The van der Waals surface area contributed by atoms with E-state index in [1.807, 2.05) is 7.05 Å². The highest BCUT2D eigenvalue weighted by molar-refractivity contribution is 5.92. The molecule has 1 N–H and O–H groups in total. The van der Waals surface area contributed by atoms with E-state index in [0.717, 1.165) is 39.2 Å². The molecule has 1 atom stereocenters. The average Bonchev–Trinajstić information content (AvgIpc) is 3.04. The fraction of sp³-hybridized carbons (Fsp3) is 0.769. The third-order valence-electron chi connectivity index (χ3n) is 3.79. The molecule has 0 aliphatic carbocycles. The number of carbonyl (C=O) groups excluding carboxylic acids is 1. The number of hydrogen-bond acceptors (Lipinski definition) is 5. The van der Waals surface area contributed by atoms with E-state index in [9.17, 15) is 4.79 Å². The molecule has 112 valence electrons. The standard InChI is InChI=1S/C13H23N5O2/c1-10-12(15-16-14-10)13(19)17(2)8-11-4-5-18(9-11)6-7-20-3/h11H,4-9H2,1-3H3,(H,14,15,16)/t11-/m0/s1. The number of nitrogens with one attached hydrogen (secondary N) is 1. The summed E-state index contributed by atoms with van der Waals surface area (Å²) in [5.41, 5.74) is 1.07. The highest BCUT2D eigenvalue weighted by Crippen LogP contribution is 2.17. The minimum Gasteiger partial charge on any atom is -0.383 e. The van der Waals surface area contributed by atoms with Gasteiger partial charge in [-0.2, -0.15) is 15.4 Å². The number of rotatable bonds is 6. The molecule has 1 aromatic rings.